The fourth-order valence-electron chi connectivity index (χ4n) is 8.19. The van der Waals surface area contributed by atoms with Crippen LogP contribution in [0.5, 0.6) is 0 Å². The molecule has 0 spiro atoms. The zero-order valence-electron chi connectivity index (χ0n) is 28.5. The zero-order valence-corrected chi connectivity index (χ0v) is 30.1. The van der Waals surface area contributed by atoms with E-state index in [0.717, 1.165) is 104 Å². The van der Waals surface area contributed by atoms with Crippen LogP contribution in [-0.4, -0.2) is 15.0 Å². The fourth-order valence-corrected chi connectivity index (χ4v) is 10.3. The van der Waals surface area contributed by atoms with Gasteiger partial charge >= 0.3 is 0 Å². The van der Waals surface area contributed by atoms with E-state index in [4.69, 9.17) is 13.8 Å². The summed E-state index contributed by atoms with van der Waals surface area (Å²) in [5, 5.41) is 11.1. The van der Waals surface area contributed by atoms with Gasteiger partial charge in [-0.15, -0.1) is 22.7 Å². The third kappa shape index (κ3) is 4.34. The van der Waals surface area contributed by atoms with E-state index < -0.39 is 0 Å². The van der Waals surface area contributed by atoms with E-state index in [1.54, 1.807) is 11.3 Å². The largest absolute Gasteiger partial charge is 0.463 e. The van der Waals surface area contributed by atoms with Gasteiger partial charge in [0, 0.05) is 75.7 Å². The first-order valence-corrected chi connectivity index (χ1v) is 19.5. The second kappa shape index (κ2) is 11.4. The van der Waals surface area contributed by atoms with Gasteiger partial charge in [0.25, 0.3) is 0 Å². The normalized spacial score (nSPS) is 12.1. The molecule has 2 N–H and O–H groups in total. The molecule has 0 aliphatic heterocycles. The number of hydrogen-bond acceptors (Lipinski definition) is 5. The van der Waals surface area contributed by atoms with Crippen LogP contribution in [-0.2, 0) is 0 Å². The molecule has 0 radical (unpaired) electrons. The number of rotatable bonds is 5. The smallest absolute Gasteiger partial charge is 0.146 e. The van der Waals surface area contributed by atoms with Gasteiger partial charge in [0.05, 0.1) is 27.9 Å². The highest BCUT2D eigenvalue weighted by Crippen LogP contribution is 2.57. The lowest BCUT2D eigenvalue weighted by atomic mass is 9.84. The van der Waals surface area contributed by atoms with Crippen LogP contribution in [0, 0.1) is 0 Å². The third-order valence-corrected chi connectivity index (χ3v) is 12.7. The Morgan fingerprint density at radius 1 is 0.611 bits per heavy atom. The number of H-pyrrole nitrogens is 2. The summed E-state index contributed by atoms with van der Waals surface area (Å²) in [7, 11) is 0. The minimum Gasteiger partial charge on any atom is -0.463 e. The van der Waals surface area contributed by atoms with Crippen molar-refractivity contribution in [2.24, 2.45) is 0 Å². The number of aromatic nitrogens is 3. The van der Waals surface area contributed by atoms with Crippen LogP contribution >= 0.6 is 22.7 Å². The molecule has 12 rings (SSSR count). The van der Waals surface area contributed by atoms with Crippen molar-refractivity contribution < 1.29 is 8.83 Å². The first-order valence-electron chi connectivity index (χ1n) is 17.8. The minimum absolute atomic E-state index is 0.799. The topological polar surface area (TPSA) is 70.8 Å². The molecule has 6 aromatic carbocycles. The molecule has 5 nitrogen and oxygen atoms in total. The number of para-hydroxylation sites is 3. The summed E-state index contributed by atoms with van der Waals surface area (Å²) < 4.78 is 14.7. The maximum absolute atomic E-state index is 6.75. The maximum atomic E-state index is 6.75. The van der Waals surface area contributed by atoms with E-state index in [0.29, 0.717) is 0 Å². The number of imidazole rings is 1. The Kier molecular flexibility index (Phi) is 6.31. The predicted octanol–water partition coefficient (Wildman–Crippen LogP) is 14.3. The summed E-state index contributed by atoms with van der Waals surface area (Å²) >= 11 is 3.52. The summed E-state index contributed by atoms with van der Waals surface area (Å²) in [6.07, 6.45) is 3.98. The minimum atomic E-state index is 0.799. The highest BCUT2D eigenvalue weighted by molar-refractivity contribution is 7.22. The van der Waals surface area contributed by atoms with Gasteiger partial charge in [-0.2, -0.15) is 0 Å². The number of nitrogens with zero attached hydrogens (tertiary/aromatic N) is 1. The molecular formula is C47H27N3O2S2. The van der Waals surface area contributed by atoms with Crippen molar-refractivity contribution in [1.82, 2.24) is 15.0 Å². The van der Waals surface area contributed by atoms with Crippen LogP contribution in [0.3, 0.4) is 0 Å². The van der Waals surface area contributed by atoms with Gasteiger partial charge in [-0.25, -0.2) is 4.98 Å². The number of furan rings is 2. The van der Waals surface area contributed by atoms with Crippen LogP contribution < -0.4 is 0 Å². The molecule has 0 amide bonds. The van der Waals surface area contributed by atoms with E-state index in [1.807, 2.05) is 35.8 Å². The molecule has 0 saturated heterocycles. The van der Waals surface area contributed by atoms with Gasteiger partial charge in [0.2, 0.25) is 0 Å². The molecule has 0 bridgehead atoms. The molecule has 54 heavy (non-hydrogen) atoms. The summed E-state index contributed by atoms with van der Waals surface area (Å²) in [6.45, 7) is 0. The zero-order chi connectivity index (χ0) is 35.3. The van der Waals surface area contributed by atoms with Crippen LogP contribution in [0.25, 0.3) is 119 Å². The second-order valence-corrected chi connectivity index (χ2v) is 15.6. The van der Waals surface area contributed by atoms with Crippen LogP contribution in [0.1, 0.15) is 0 Å². The van der Waals surface area contributed by atoms with Crippen molar-refractivity contribution in [3.63, 3.8) is 0 Å². The van der Waals surface area contributed by atoms with E-state index in [1.165, 1.54) is 15.0 Å². The number of hydrogen-bond donors (Lipinski definition) is 2. The molecule has 0 aliphatic carbocycles. The molecule has 7 heteroatoms. The van der Waals surface area contributed by atoms with Gasteiger partial charge in [-0.05, 0) is 47.2 Å². The number of fused-ring (bicyclic) bond motifs is 6. The Morgan fingerprint density at radius 3 is 2.24 bits per heavy atom. The van der Waals surface area contributed by atoms with Gasteiger partial charge < -0.3 is 18.8 Å². The molecule has 12 aromatic rings. The Balaban J connectivity index is 1.35. The summed E-state index contributed by atoms with van der Waals surface area (Å²) in [6, 6.07) is 46.6. The average molecular weight is 730 g/mol. The monoisotopic (exact) mass is 729 g/mol. The molecule has 254 valence electrons. The first-order chi connectivity index (χ1) is 26.8. The van der Waals surface area contributed by atoms with Crippen molar-refractivity contribution in [1.29, 1.82) is 0 Å². The van der Waals surface area contributed by atoms with E-state index in [9.17, 15) is 0 Å². The van der Waals surface area contributed by atoms with Crippen molar-refractivity contribution in [3.05, 3.63) is 151 Å². The van der Waals surface area contributed by atoms with Gasteiger partial charge in [-0.1, -0.05) is 97.1 Å². The Labute approximate surface area is 315 Å². The summed E-state index contributed by atoms with van der Waals surface area (Å²) in [5.74, 6) is 2.43. The molecular weight excluding hydrogens is 703 g/mol. The Bertz CT molecular complexity index is 3320. The fraction of sp³-hybridized carbons (Fsp3) is 0. The Morgan fingerprint density at radius 2 is 1.37 bits per heavy atom. The molecule has 0 aliphatic rings. The Hall–Kier alpha value is -6.67. The summed E-state index contributed by atoms with van der Waals surface area (Å²) in [4.78, 5) is 15.1. The molecule has 0 fully saturated rings. The van der Waals surface area contributed by atoms with Gasteiger partial charge in [0.1, 0.15) is 22.9 Å². The van der Waals surface area contributed by atoms with E-state index >= 15 is 0 Å². The number of benzene rings is 6. The highest BCUT2D eigenvalue weighted by atomic mass is 32.1. The number of thiophene rings is 2. The molecule has 6 aromatic heterocycles. The number of aromatic amines is 2. The first kappa shape index (κ1) is 29.9. The van der Waals surface area contributed by atoms with Crippen molar-refractivity contribution in [3.8, 4) is 55.0 Å². The predicted molar refractivity (Wildman–Crippen MR) is 225 cm³/mol. The van der Waals surface area contributed by atoms with Crippen molar-refractivity contribution in [2.75, 3.05) is 0 Å². The van der Waals surface area contributed by atoms with Crippen LogP contribution in [0.4, 0.5) is 0 Å². The molecule has 0 atom stereocenters. The van der Waals surface area contributed by atoms with Crippen LogP contribution in [0.15, 0.2) is 160 Å². The second-order valence-electron chi connectivity index (χ2n) is 13.7. The van der Waals surface area contributed by atoms with Gasteiger partial charge in [-0.3, -0.25) is 0 Å². The van der Waals surface area contributed by atoms with Crippen molar-refractivity contribution >= 4 is 87.1 Å². The standard InChI is InChI=1S/C47H27N3O2S2/c1-5-15-30-28(13-1)23-48-44(30)41-42(45-31-16-6-2-14-29(31)24-51-45)40-32(25-53-46(40)36-21-26-11-3-9-19-35(26)52-36)39(38-22-27-12-4-10-20-37(27)54-38)43(41)47-49-33-17-7-8-18-34(33)50-47/h1-25,48H,(H,49,50). The third-order valence-electron chi connectivity index (χ3n) is 10.6. The van der Waals surface area contributed by atoms with E-state index in [2.05, 4.69) is 137 Å². The summed E-state index contributed by atoms with van der Waals surface area (Å²) in [5.41, 5.74) is 7.91. The quantitative estimate of drug-likeness (QED) is 0.185. The lowest BCUT2D eigenvalue weighted by Crippen LogP contribution is -1.97. The molecule has 0 unspecified atom stereocenters. The van der Waals surface area contributed by atoms with E-state index in [-0.39, 0.29) is 0 Å². The average Bonchev–Trinajstić information content (AvgIpc) is 4.07. The molecule has 6 heterocycles. The van der Waals surface area contributed by atoms with Crippen LogP contribution in [0.2, 0.25) is 0 Å². The van der Waals surface area contributed by atoms with Crippen molar-refractivity contribution in [2.45, 2.75) is 0 Å². The maximum Gasteiger partial charge on any atom is 0.146 e. The lowest BCUT2D eigenvalue weighted by Gasteiger charge is -2.20. The lowest BCUT2D eigenvalue weighted by molar-refractivity contribution is 0.588. The highest BCUT2D eigenvalue weighted by Gasteiger charge is 2.32. The number of nitrogens with one attached hydrogen (secondary N) is 2. The SMILES string of the molecule is c1ccc2oc(-c3scc4c(-c5cc6ccccc6s5)c(-c5nc6ccccc6[nH]5)c(-c5[nH]cc6ccccc56)c(-c5occ6ccccc56)c34)cc2c1. The molecule has 0 saturated carbocycles. The van der Waals surface area contributed by atoms with Gasteiger partial charge in [0.15, 0.2) is 0 Å².